The SMILES string of the molecule is CC1=CC(C(C)C)=CNN1. The normalized spacial score (nSPS) is 17.2. The molecule has 1 rings (SSSR count). The molecule has 0 radical (unpaired) electrons. The lowest BCUT2D eigenvalue weighted by Crippen LogP contribution is -2.28. The van der Waals surface area contributed by atoms with Crippen molar-refractivity contribution < 1.29 is 0 Å². The summed E-state index contributed by atoms with van der Waals surface area (Å²) >= 11 is 0. The zero-order valence-corrected chi connectivity index (χ0v) is 6.73. The van der Waals surface area contributed by atoms with Gasteiger partial charge < -0.3 is 10.9 Å². The minimum atomic E-state index is 0.601. The van der Waals surface area contributed by atoms with Crippen LogP contribution in [-0.2, 0) is 0 Å². The van der Waals surface area contributed by atoms with Crippen LogP contribution in [0.4, 0.5) is 0 Å². The first-order valence-corrected chi connectivity index (χ1v) is 3.60. The van der Waals surface area contributed by atoms with Gasteiger partial charge in [0, 0.05) is 11.9 Å². The first kappa shape index (κ1) is 7.19. The summed E-state index contributed by atoms with van der Waals surface area (Å²) in [6.45, 7) is 6.41. The van der Waals surface area contributed by atoms with E-state index in [1.165, 1.54) is 11.3 Å². The van der Waals surface area contributed by atoms with Gasteiger partial charge in [-0.05, 0) is 24.5 Å². The van der Waals surface area contributed by atoms with E-state index in [1.54, 1.807) is 0 Å². The minimum Gasteiger partial charge on any atom is -0.308 e. The number of allylic oxidation sites excluding steroid dienone is 3. The standard InChI is InChI=1S/C8H14N2/c1-6(2)8-4-7(3)10-9-5-8/h4-6,9-10H,1-3H3. The van der Waals surface area contributed by atoms with Crippen molar-refractivity contribution >= 4 is 0 Å². The van der Waals surface area contributed by atoms with Gasteiger partial charge >= 0.3 is 0 Å². The van der Waals surface area contributed by atoms with Crippen LogP contribution in [0.25, 0.3) is 0 Å². The summed E-state index contributed by atoms with van der Waals surface area (Å²) in [6, 6.07) is 0. The van der Waals surface area contributed by atoms with Crippen molar-refractivity contribution in [2.45, 2.75) is 20.8 Å². The van der Waals surface area contributed by atoms with Crippen molar-refractivity contribution in [3.05, 3.63) is 23.5 Å². The van der Waals surface area contributed by atoms with E-state index in [1.807, 2.05) is 13.1 Å². The van der Waals surface area contributed by atoms with Gasteiger partial charge in [-0.2, -0.15) is 0 Å². The third kappa shape index (κ3) is 1.53. The van der Waals surface area contributed by atoms with Crippen LogP contribution in [0.1, 0.15) is 20.8 Å². The van der Waals surface area contributed by atoms with E-state index in [-0.39, 0.29) is 0 Å². The fourth-order valence-electron chi connectivity index (χ4n) is 0.894. The predicted molar refractivity (Wildman–Crippen MR) is 42.9 cm³/mol. The van der Waals surface area contributed by atoms with Crippen LogP contribution in [0.2, 0.25) is 0 Å². The Kier molecular flexibility index (Phi) is 2.00. The van der Waals surface area contributed by atoms with Crippen LogP contribution < -0.4 is 10.9 Å². The predicted octanol–water partition coefficient (Wildman–Crippen LogP) is 1.54. The van der Waals surface area contributed by atoms with E-state index in [0.29, 0.717) is 5.92 Å². The average molecular weight is 138 g/mol. The lowest BCUT2D eigenvalue weighted by atomic mass is 10.0. The highest BCUT2D eigenvalue weighted by Gasteiger charge is 2.03. The van der Waals surface area contributed by atoms with E-state index in [4.69, 9.17) is 0 Å². The Bertz CT molecular complexity index is 178. The molecule has 0 spiro atoms. The Labute approximate surface area is 62.0 Å². The molecule has 0 aromatic carbocycles. The molecule has 0 aromatic rings. The summed E-state index contributed by atoms with van der Waals surface area (Å²) in [7, 11) is 0. The second-order valence-corrected chi connectivity index (χ2v) is 2.90. The molecule has 0 aliphatic carbocycles. The Hall–Kier alpha value is -0.920. The topological polar surface area (TPSA) is 24.1 Å². The zero-order chi connectivity index (χ0) is 7.56. The van der Waals surface area contributed by atoms with Crippen LogP contribution in [-0.4, -0.2) is 0 Å². The molecule has 1 heterocycles. The molecule has 2 heteroatoms. The largest absolute Gasteiger partial charge is 0.308 e. The van der Waals surface area contributed by atoms with Crippen LogP contribution in [0, 0.1) is 5.92 Å². The Morgan fingerprint density at radius 3 is 2.50 bits per heavy atom. The molecular weight excluding hydrogens is 124 g/mol. The first-order chi connectivity index (χ1) is 4.70. The molecule has 2 N–H and O–H groups in total. The lowest BCUT2D eigenvalue weighted by molar-refractivity contribution is 0.675. The maximum atomic E-state index is 3.00. The van der Waals surface area contributed by atoms with Gasteiger partial charge in [0.1, 0.15) is 0 Å². The minimum absolute atomic E-state index is 0.601. The number of hydrazine groups is 1. The number of hydrogen-bond donors (Lipinski definition) is 2. The van der Waals surface area contributed by atoms with Crippen LogP contribution in [0.5, 0.6) is 0 Å². The van der Waals surface area contributed by atoms with E-state index in [0.717, 1.165) is 0 Å². The molecule has 0 unspecified atom stereocenters. The molecule has 0 amide bonds. The van der Waals surface area contributed by atoms with Gasteiger partial charge in [0.2, 0.25) is 0 Å². The summed E-state index contributed by atoms with van der Waals surface area (Å²) in [5.41, 5.74) is 8.50. The Morgan fingerprint density at radius 2 is 2.10 bits per heavy atom. The highest BCUT2D eigenvalue weighted by Crippen LogP contribution is 2.12. The van der Waals surface area contributed by atoms with Gasteiger partial charge in [-0.3, -0.25) is 0 Å². The van der Waals surface area contributed by atoms with Crippen molar-refractivity contribution in [3.63, 3.8) is 0 Å². The molecule has 0 bridgehead atoms. The van der Waals surface area contributed by atoms with Crippen LogP contribution in [0.15, 0.2) is 23.5 Å². The fraction of sp³-hybridized carbons (Fsp3) is 0.500. The van der Waals surface area contributed by atoms with Crippen LogP contribution in [0.3, 0.4) is 0 Å². The van der Waals surface area contributed by atoms with Crippen LogP contribution >= 0.6 is 0 Å². The molecule has 2 nitrogen and oxygen atoms in total. The summed E-state index contributed by atoms with van der Waals surface area (Å²) in [5.74, 6) is 0.601. The van der Waals surface area contributed by atoms with Crippen molar-refractivity contribution in [1.82, 2.24) is 10.9 Å². The highest BCUT2D eigenvalue weighted by atomic mass is 15.3. The van der Waals surface area contributed by atoms with E-state index >= 15 is 0 Å². The van der Waals surface area contributed by atoms with E-state index < -0.39 is 0 Å². The third-order valence-corrected chi connectivity index (χ3v) is 1.56. The molecule has 0 fully saturated rings. The van der Waals surface area contributed by atoms with Gasteiger partial charge in [0.15, 0.2) is 0 Å². The lowest BCUT2D eigenvalue weighted by Gasteiger charge is -2.16. The third-order valence-electron chi connectivity index (χ3n) is 1.56. The summed E-state index contributed by atoms with van der Waals surface area (Å²) in [4.78, 5) is 0. The molecule has 0 saturated heterocycles. The molecule has 1 aliphatic rings. The number of hydrogen-bond acceptors (Lipinski definition) is 2. The highest BCUT2D eigenvalue weighted by molar-refractivity contribution is 5.25. The van der Waals surface area contributed by atoms with E-state index in [9.17, 15) is 0 Å². The van der Waals surface area contributed by atoms with Gasteiger partial charge in [0.05, 0.1) is 0 Å². The number of nitrogens with one attached hydrogen (secondary N) is 2. The maximum absolute atomic E-state index is 3.00. The molecular formula is C8H14N2. The summed E-state index contributed by atoms with van der Waals surface area (Å²) in [6.07, 6.45) is 4.15. The molecule has 0 aromatic heterocycles. The molecule has 10 heavy (non-hydrogen) atoms. The smallest absolute Gasteiger partial charge is 0.0286 e. The zero-order valence-electron chi connectivity index (χ0n) is 6.73. The quantitative estimate of drug-likeness (QED) is 0.574. The fourth-order valence-corrected chi connectivity index (χ4v) is 0.894. The Balaban J connectivity index is 2.69. The van der Waals surface area contributed by atoms with Crippen molar-refractivity contribution in [3.8, 4) is 0 Å². The summed E-state index contributed by atoms with van der Waals surface area (Å²) < 4.78 is 0. The van der Waals surface area contributed by atoms with Crippen molar-refractivity contribution in [2.24, 2.45) is 5.92 Å². The Morgan fingerprint density at radius 1 is 1.40 bits per heavy atom. The number of rotatable bonds is 1. The second-order valence-electron chi connectivity index (χ2n) is 2.90. The van der Waals surface area contributed by atoms with Crippen molar-refractivity contribution in [1.29, 1.82) is 0 Å². The maximum Gasteiger partial charge on any atom is 0.0286 e. The van der Waals surface area contributed by atoms with Crippen molar-refractivity contribution in [2.75, 3.05) is 0 Å². The monoisotopic (exact) mass is 138 g/mol. The second kappa shape index (κ2) is 2.78. The van der Waals surface area contributed by atoms with E-state index in [2.05, 4.69) is 30.8 Å². The molecule has 0 saturated carbocycles. The van der Waals surface area contributed by atoms with Gasteiger partial charge in [0.25, 0.3) is 0 Å². The molecule has 56 valence electrons. The van der Waals surface area contributed by atoms with Gasteiger partial charge in [-0.1, -0.05) is 13.8 Å². The first-order valence-electron chi connectivity index (χ1n) is 3.60. The molecule has 1 aliphatic heterocycles. The average Bonchev–Trinajstić information content (AvgIpc) is 1.88. The molecule has 0 atom stereocenters. The van der Waals surface area contributed by atoms with Gasteiger partial charge in [-0.25, -0.2) is 0 Å². The van der Waals surface area contributed by atoms with Gasteiger partial charge in [-0.15, -0.1) is 0 Å². The summed E-state index contributed by atoms with van der Waals surface area (Å²) in [5, 5.41) is 0.